The van der Waals surface area contributed by atoms with Crippen molar-refractivity contribution < 1.29 is 4.39 Å². The Morgan fingerprint density at radius 2 is 1.38 bits per heavy atom. The first-order chi connectivity index (χ1) is 11.8. The molecule has 1 rings (SSSR count). The van der Waals surface area contributed by atoms with Gasteiger partial charge >= 0.3 is 0 Å². The van der Waals surface area contributed by atoms with Crippen molar-refractivity contribution in [1.82, 2.24) is 10.6 Å². The van der Waals surface area contributed by atoms with Crippen molar-refractivity contribution in [1.29, 1.82) is 0 Å². The lowest BCUT2D eigenvalue weighted by Gasteiger charge is -2.07. The molecule has 0 aromatic heterocycles. The molecule has 0 saturated carbocycles. The van der Waals surface area contributed by atoms with E-state index >= 15 is 0 Å². The van der Waals surface area contributed by atoms with Crippen LogP contribution in [0.15, 0.2) is 24.3 Å². The highest BCUT2D eigenvalue weighted by Gasteiger charge is 1.95. The van der Waals surface area contributed by atoms with Crippen molar-refractivity contribution in [3.05, 3.63) is 35.6 Å². The summed E-state index contributed by atoms with van der Waals surface area (Å²) in [5, 5.41) is 6.89. The van der Waals surface area contributed by atoms with E-state index in [0.717, 1.165) is 38.2 Å². The summed E-state index contributed by atoms with van der Waals surface area (Å²) in [6, 6.07) is 6.86. The van der Waals surface area contributed by atoms with Gasteiger partial charge in [-0.25, -0.2) is 4.39 Å². The van der Waals surface area contributed by atoms with Crippen LogP contribution in [-0.4, -0.2) is 26.2 Å². The molecule has 0 unspecified atom stereocenters. The summed E-state index contributed by atoms with van der Waals surface area (Å²) in [4.78, 5) is 0. The van der Waals surface area contributed by atoms with E-state index in [1.807, 2.05) is 6.07 Å². The van der Waals surface area contributed by atoms with Gasteiger partial charge in [-0.05, 0) is 43.6 Å². The molecule has 0 atom stereocenters. The molecule has 0 heterocycles. The largest absolute Gasteiger partial charge is 0.315 e. The molecular formula is C21H37FN2. The fourth-order valence-corrected chi connectivity index (χ4v) is 2.91. The maximum Gasteiger partial charge on any atom is 0.123 e. The summed E-state index contributed by atoms with van der Waals surface area (Å²) < 4.78 is 13.0. The fourth-order valence-electron chi connectivity index (χ4n) is 2.91. The topological polar surface area (TPSA) is 24.1 Å². The van der Waals surface area contributed by atoms with Gasteiger partial charge in [0, 0.05) is 13.1 Å². The van der Waals surface area contributed by atoms with Crippen molar-refractivity contribution in [3.63, 3.8) is 0 Å². The van der Waals surface area contributed by atoms with Crippen molar-refractivity contribution in [2.75, 3.05) is 26.2 Å². The van der Waals surface area contributed by atoms with Gasteiger partial charge in [0.05, 0.1) is 0 Å². The third-order valence-electron chi connectivity index (χ3n) is 4.42. The van der Waals surface area contributed by atoms with Crippen LogP contribution in [0.1, 0.15) is 70.3 Å². The van der Waals surface area contributed by atoms with Crippen LogP contribution in [0.25, 0.3) is 0 Å². The van der Waals surface area contributed by atoms with Gasteiger partial charge in [-0.15, -0.1) is 0 Å². The highest BCUT2D eigenvalue weighted by molar-refractivity contribution is 5.16. The summed E-state index contributed by atoms with van der Waals surface area (Å²) in [5.74, 6) is -0.143. The summed E-state index contributed by atoms with van der Waals surface area (Å²) in [6.45, 7) is 6.30. The Bertz CT molecular complexity index is 395. The molecule has 24 heavy (non-hydrogen) atoms. The van der Waals surface area contributed by atoms with Crippen molar-refractivity contribution in [2.24, 2.45) is 0 Å². The highest BCUT2D eigenvalue weighted by atomic mass is 19.1. The molecule has 1 aromatic rings. The number of benzene rings is 1. The second-order valence-corrected chi connectivity index (χ2v) is 6.71. The van der Waals surface area contributed by atoms with E-state index < -0.39 is 0 Å². The maximum atomic E-state index is 13.0. The minimum Gasteiger partial charge on any atom is -0.315 e. The number of hydrogen-bond acceptors (Lipinski definition) is 2. The van der Waals surface area contributed by atoms with Crippen LogP contribution in [0.2, 0.25) is 0 Å². The quantitative estimate of drug-likeness (QED) is 0.411. The molecule has 3 heteroatoms. The van der Waals surface area contributed by atoms with Crippen LogP contribution in [0.3, 0.4) is 0 Å². The second kappa shape index (κ2) is 15.6. The monoisotopic (exact) mass is 336 g/mol. The van der Waals surface area contributed by atoms with Crippen LogP contribution in [0.4, 0.5) is 4.39 Å². The lowest BCUT2D eigenvalue weighted by atomic mass is 10.1. The van der Waals surface area contributed by atoms with Gasteiger partial charge in [0.15, 0.2) is 0 Å². The SMILES string of the molecule is CCCCCCCCCCCNCCNCCc1cccc(F)c1. The van der Waals surface area contributed by atoms with Crippen LogP contribution in [-0.2, 0) is 6.42 Å². The zero-order valence-corrected chi connectivity index (χ0v) is 15.6. The fraction of sp³-hybridized carbons (Fsp3) is 0.714. The van der Waals surface area contributed by atoms with E-state index in [2.05, 4.69) is 17.6 Å². The van der Waals surface area contributed by atoms with E-state index in [1.165, 1.54) is 63.9 Å². The van der Waals surface area contributed by atoms with Crippen LogP contribution in [0, 0.1) is 5.82 Å². The molecule has 0 radical (unpaired) electrons. The minimum absolute atomic E-state index is 0.143. The third-order valence-corrected chi connectivity index (χ3v) is 4.42. The zero-order chi connectivity index (χ0) is 17.3. The lowest BCUT2D eigenvalue weighted by Crippen LogP contribution is -2.29. The first-order valence-electron chi connectivity index (χ1n) is 9.99. The molecule has 0 bridgehead atoms. The van der Waals surface area contributed by atoms with Crippen LogP contribution in [0.5, 0.6) is 0 Å². The highest BCUT2D eigenvalue weighted by Crippen LogP contribution is 2.09. The van der Waals surface area contributed by atoms with Gasteiger partial charge in [0.25, 0.3) is 0 Å². The molecule has 0 saturated heterocycles. The Labute approximate surface area is 148 Å². The van der Waals surface area contributed by atoms with Crippen molar-refractivity contribution >= 4 is 0 Å². The molecule has 2 N–H and O–H groups in total. The average Bonchev–Trinajstić information content (AvgIpc) is 2.58. The molecule has 0 fully saturated rings. The number of halogens is 1. The van der Waals surface area contributed by atoms with Gasteiger partial charge in [0.2, 0.25) is 0 Å². The molecule has 0 spiro atoms. The van der Waals surface area contributed by atoms with Crippen LogP contribution < -0.4 is 10.6 Å². The van der Waals surface area contributed by atoms with Gasteiger partial charge in [-0.2, -0.15) is 0 Å². The number of hydrogen-bond donors (Lipinski definition) is 2. The van der Waals surface area contributed by atoms with Gasteiger partial charge in [0.1, 0.15) is 5.82 Å². The van der Waals surface area contributed by atoms with Crippen LogP contribution >= 0.6 is 0 Å². The average molecular weight is 337 g/mol. The Morgan fingerprint density at radius 1 is 0.750 bits per heavy atom. The maximum absolute atomic E-state index is 13.0. The minimum atomic E-state index is -0.143. The van der Waals surface area contributed by atoms with Gasteiger partial charge in [-0.1, -0.05) is 70.4 Å². The Balaban J connectivity index is 1.76. The number of nitrogens with one attached hydrogen (secondary N) is 2. The second-order valence-electron chi connectivity index (χ2n) is 6.71. The summed E-state index contributed by atoms with van der Waals surface area (Å²) in [5.41, 5.74) is 1.06. The number of rotatable bonds is 16. The Morgan fingerprint density at radius 3 is 2.04 bits per heavy atom. The smallest absolute Gasteiger partial charge is 0.123 e. The molecular weight excluding hydrogens is 299 g/mol. The molecule has 0 amide bonds. The Kier molecular flexibility index (Phi) is 13.7. The first-order valence-corrected chi connectivity index (χ1v) is 9.99. The third kappa shape index (κ3) is 12.5. The van der Waals surface area contributed by atoms with Crippen molar-refractivity contribution in [2.45, 2.75) is 71.1 Å². The summed E-state index contributed by atoms with van der Waals surface area (Å²) in [6.07, 6.45) is 13.3. The summed E-state index contributed by atoms with van der Waals surface area (Å²) in [7, 11) is 0. The molecule has 0 aliphatic rings. The van der Waals surface area contributed by atoms with Crippen molar-refractivity contribution in [3.8, 4) is 0 Å². The first kappa shape index (κ1) is 21.1. The van der Waals surface area contributed by atoms with E-state index in [9.17, 15) is 4.39 Å². The van der Waals surface area contributed by atoms with Gasteiger partial charge in [-0.3, -0.25) is 0 Å². The normalized spacial score (nSPS) is 11.1. The molecule has 0 aliphatic heterocycles. The lowest BCUT2D eigenvalue weighted by molar-refractivity contribution is 0.542. The molecule has 2 nitrogen and oxygen atoms in total. The van der Waals surface area contributed by atoms with E-state index in [0.29, 0.717) is 0 Å². The Hall–Kier alpha value is -0.930. The van der Waals surface area contributed by atoms with E-state index in [4.69, 9.17) is 0 Å². The predicted molar refractivity (Wildman–Crippen MR) is 103 cm³/mol. The molecule has 0 aliphatic carbocycles. The zero-order valence-electron chi connectivity index (χ0n) is 15.6. The molecule has 138 valence electrons. The van der Waals surface area contributed by atoms with Gasteiger partial charge < -0.3 is 10.6 Å². The standard InChI is InChI=1S/C21H37FN2/c1-2-3-4-5-6-7-8-9-10-15-23-17-18-24-16-14-20-12-11-13-21(22)19-20/h11-13,19,23-24H,2-10,14-18H2,1H3. The van der Waals surface area contributed by atoms with E-state index in [-0.39, 0.29) is 5.82 Å². The number of unbranched alkanes of at least 4 members (excludes halogenated alkanes) is 8. The van der Waals surface area contributed by atoms with E-state index in [1.54, 1.807) is 12.1 Å². The predicted octanol–water partition coefficient (Wildman–Crippen LogP) is 5.08. The molecule has 1 aromatic carbocycles. The summed E-state index contributed by atoms with van der Waals surface area (Å²) >= 11 is 0.